The highest BCUT2D eigenvalue weighted by atomic mass is 16.5. The lowest BCUT2D eigenvalue weighted by molar-refractivity contribution is -0.151. The number of amides is 4. The van der Waals surface area contributed by atoms with Gasteiger partial charge < -0.3 is 39.7 Å². The number of benzene rings is 8. The van der Waals surface area contributed by atoms with Gasteiger partial charge in [0.1, 0.15) is 23.0 Å². The van der Waals surface area contributed by atoms with E-state index in [9.17, 15) is 29.4 Å². The SMILES string of the molecule is C=CCN1C2CCC3C1CCC2N3C(c1ccc(C(=O)N2CCCCC2)cc1)c1cccc(O)c1.C=CCN1C2CCC3C1CCC2N3C(c1ccc(C(=O)N2CCCCCC2)cc1)c1cccc(O)c1.C=CCN1C2CCC3C1CCC2N3C(c1ccc(C(=O)N2CCCCCC2)cc1)c1cccc(OC)c1.C=CCN1C2CCC3C1CCC2N3C(c1ccc(C(=O)NC2CCCC2)cc1)c1cccc(OC)c1. The third-order valence-electron chi connectivity index (χ3n) is 36.9. The van der Waals surface area contributed by atoms with Gasteiger partial charge in [0.25, 0.3) is 23.6 Å². The molecule has 23 saturated heterocycles. The molecule has 144 heavy (non-hydrogen) atoms. The fraction of sp³-hybridized carbons (Fsp3) is 0.516. The number of aromatic hydroxyl groups is 2. The predicted octanol–water partition coefficient (Wildman–Crippen LogP) is 21.3. The second-order valence-corrected chi connectivity index (χ2v) is 44.5. The monoisotopic (exact) mass is 1940 g/mol. The highest BCUT2D eigenvalue weighted by molar-refractivity contribution is 5.96. The zero-order valence-corrected chi connectivity index (χ0v) is 85.5. The molecule has 23 aliphatic heterocycles. The number of rotatable bonds is 27. The van der Waals surface area contributed by atoms with Crippen molar-refractivity contribution in [3.8, 4) is 23.0 Å². The molecule has 760 valence electrons. The van der Waals surface area contributed by atoms with E-state index >= 15 is 0 Å². The maximum absolute atomic E-state index is 13.3. The first-order chi connectivity index (χ1) is 70.7. The first kappa shape index (κ1) is 99.5. The highest BCUT2D eigenvalue weighted by Crippen LogP contribution is 2.57. The molecule has 24 aliphatic rings. The summed E-state index contributed by atoms with van der Waals surface area (Å²) in [6.07, 6.45) is 45.7. The number of carbonyl (C=O) groups excluding carboxylic acids is 4. The normalized spacial score (nSPS) is 29.0. The quantitative estimate of drug-likeness (QED) is 0.0414. The summed E-state index contributed by atoms with van der Waals surface area (Å²) in [5, 5.41) is 24.0. The van der Waals surface area contributed by atoms with Gasteiger partial charge in [0.2, 0.25) is 0 Å². The molecule has 24 fully saturated rings. The zero-order chi connectivity index (χ0) is 98.6. The van der Waals surface area contributed by atoms with Crippen LogP contribution in [0.1, 0.15) is 309 Å². The van der Waals surface area contributed by atoms with Crippen LogP contribution in [0.5, 0.6) is 23.0 Å². The number of hydrogen-bond donors (Lipinski definition) is 3. The van der Waals surface area contributed by atoms with Gasteiger partial charge in [0.15, 0.2) is 0 Å². The second-order valence-electron chi connectivity index (χ2n) is 44.5. The van der Waals surface area contributed by atoms with Crippen LogP contribution < -0.4 is 14.8 Å². The van der Waals surface area contributed by atoms with Crippen molar-refractivity contribution >= 4 is 23.6 Å². The van der Waals surface area contributed by atoms with Gasteiger partial charge in [-0.1, -0.05) is 160 Å². The minimum Gasteiger partial charge on any atom is -0.508 e. The van der Waals surface area contributed by atoms with Crippen LogP contribution in [-0.4, -0.2) is 270 Å². The third-order valence-corrected chi connectivity index (χ3v) is 36.9. The lowest BCUT2D eigenvalue weighted by Gasteiger charge is -2.66. The van der Waals surface area contributed by atoms with E-state index in [1.807, 2.05) is 82.6 Å². The topological polar surface area (TPSA) is 175 Å². The number of piperidine rings is 17. The second kappa shape index (κ2) is 45.0. The van der Waals surface area contributed by atoms with Crippen LogP contribution in [-0.2, 0) is 0 Å². The van der Waals surface area contributed by atoms with E-state index in [0.717, 1.165) is 162 Å². The van der Waals surface area contributed by atoms with Gasteiger partial charge in [-0.25, -0.2) is 0 Å². The van der Waals surface area contributed by atoms with Crippen molar-refractivity contribution in [3.05, 3.63) is 312 Å². The number of nitrogens with one attached hydrogen (secondary N) is 1. The minimum atomic E-state index is 0.0579. The number of carbonyl (C=O) groups is 4. The van der Waals surface area contributed by atoms with Gasteiger partial charge in [-0.2, -0.15) is 0 Å². The molecule has 0 radical (unpaired) electrons. The molecule has 8 aromatic carbocycles. The van der Waals surface area contributed by atoms with Crippen LogP contribution in [0.4, 0.5) is 0 Å². The number of nitrogens with zero attached hydrogens (tertiary/aromatic N) is 11. The molecule has 3 N–H and O–H groups in total. The Morgan fingerprint density at radius 1 is 0.285 bits per heavy atom. The molecule has 20 heteroatoms. The first-order valence-corrected chi connectivity index (χ1v) is 55.7. The first-order valence-electron chi connectivity index (χ1n) is 55.7. The molecule has 4 amide bonds. The molecule has 20 nitrogen and oxygen atoms in total. The summed E-state index contributed by atoms with van der Waals surface area (Å²) in [5.41, 5.74) is 12.9. The van der Waals surface area contributed by atoms with Crippen LogP contribution in [0.2, 0.25) is 0 Å². The number of hydrogen-bond acceptors (Lipinski definition) is 16. The Hall–Kier alpha value is -10.5. The third kappa shape index (κ3) is 20.0. The maximum atomic E-state index is 13.3. The molecule has 32 rings (SSSR count). The van der Waals surface area contributed by atoms with Crippen LogP contribution in [0.15, 0.2) is 245 Å². The number of likely N-dealkylation sites (tertiary alicyclic amines) is 3. The van der Waals surface area contributed by atoms with E-state index in [1.165, 1.54) is 181 Å². The molecular formula is C124H156N12O8. The molecule has 0 spiro atoms. The van der Waals surface area contributed by atoms with Gasteiger partial charge in [-0.15, -0.1) is 26.3 Å². The summed E-state index contributed by atoms with van der Waals surface area (Å²) >= 11 is 0. The number of phenols is 2. The number of fused-ring (bicyclic) bond motifs is 8. The van der Waals surface area contributed by atoms with Crippen LogP contribution >= 0.6 is 0 Å². The Kier molecular flexibility index (Phi) is 31.1. The molecular weight excluding hydrogens is 1790 g/mol. The summed E-state index contributed by atoms with van der Waals surface area (Å²) in [6, 6.07) is 76.1. The number of ether oxygens (including phenoxy) is 2. The van der Waals surface area contributed by atoms with Gasteiger partial charge in [0.05, 0.1) is 38.4 Å². The standard InChI is InChI=1S/C32H41N3O2.2C31H39N3O2.C30H37N3O2/c1-3-19-34-27-15-17-29-28(34)16-18-30(27)35(29)31(25-9-8-10-26(22-25)37-2)23-11-13-24(14-12-23)32(36)33-20-6-4-5-7-21-33;1-3-19-33-26-15-17-28-27(33)16-18-29(26)34(28)30(23-7-6-10-25(20-23)36-2)21-11-13-22(14-12-21)31(35)32-24-8-4-5-9-24;1-2-18-33-26-14-16-28-27(33)15-17-29(26)34(28)30(24-8-7-9-25(35)21-24)22-10-12-23(13-11-22)31(36)32-19-5-3-4-6-20-32;1-2-17-32-25-13-15-27-26(32)14-16-28(25)33(27)29(23-7-6-8-24(34)20-23)21-9-11-22(12-10-21)30(35)31-18-4-3-5-19-31/h3,8-14,22,27-31H,1,4-7,15-21H2,2H3;3,6-7,10-14,20,24,26-30H,1,4-5,8-9,15-19H2,2H3,(H,32,35);2,7-13,21,26-30,35H,1,3-6,14-20H2;2,6-12,20,25-29,34H,1,3-5,13-19H2. The number of phenolic OH excluding ortho intramolecular Hbond substituents is 2. The molecule has 20 unspecified atom stereocenters. The molecule has 8 aromatic rings. The minimum absolute atomic E-state index is 0.0579. The van der Waals surface area contributed by atoms with Crippen molar-refractivity contribution in [2.24, 2.45) is 0 Å². The lowest BCUT2D eigenvalue weighted by atomic mass is 9.69. The van der Waals surface area contributed by atoms with E-state index in [2.05, 4.69) is 209 Å². The van der Waals surface area contributed by atoms with Crippen molar-refractivity contribution in [2.45, 2.75) is 326 Å². The molecule has 1 saturated carbocycles. The molecule has 1 aliphatic carbocycles. The van der Waals surface area contributed by atoms with E-state index in [-0.39, 0.29) is 47.8 Å². The van der Waals surface area contributed by atoms with E-state index in [0.29, 0.717) is 114 Å². The van der Waals surface area contributed by atoms with Crippen molar-refractivity contribution in [3.63, 3.8) is 0 Å². The Labute approximate surface area is 856 Å². The van der Waals surface area contributed by atoms with Gasteiger partial charge in [0, 0.05) is 190 Å². The summed E-state index contributed by atoms with van der Waals surface area (Å²) in [7, 11) is 3.49. The van der Waals surface area contributed by atoms with Crippen LogP contribution in [0, 0.1) is 0 Å². The number of piperazine rings is 4. The maximum Gasteiger partial charge on any atom is 0.253 e. The van der Waals surface area contributed by atoms with Gasteiger partial charge >= 0.3 is 0 Å². The van der Waals surface area contributed by atoms with Gasteiger partial charge in [-0.05, 0) is 302 Å². The summed E-state index contributed by atoms with van der Waals surface area (Å²) in [5.74, 6) is 2.97. The highest BCUT2D eigenvalue weighted by Gasteiger charge is 2.61. The lowest BCUT2D eigenvalue weighted by Crippen LogP contribution is -2.75. The zero-order valence-electron chi connectivity index (χ0n) is 85.5. The van der Waals surface area contributed by atoms with Gasteiger partial charge in [-0.3, -0.25) is 58.4 Å². The Morgan fingerprint density at radius 3 is 0.757 bits per heavy atom. The van der Waals surface area contributed by atoms with Crippen LogP contribution in [0.25, 0.3) is 0 Å². The predicted molar refractivity (Wildman–Crippen MR) is 573 cm³/mol. The summed E-state index contributed by atoms with van der Waals surface area (Å²) in [6.45, 7) is 25.3. The Morgan fingerprint density at radius 2 is 0.514 bits per heavy atom. The van der Waals surface area contributed by atoms with Crippen LogP contribution in [0.3, 0.4) is 0 Å². The average molecular weight is 1940 g/mol. The van der Waals surface area contributed by atoms with E-state index < -0.39 is 0 Å². The summed E-state index contributed by atoms with van der Waals surface area (Å²) < 4.78 is 11.3. The molecule has 20 atom stereocenters. The van der Waals surface area contributed by atoms with Crippen molar-refractivity contribution < 1.29 is 38.9 Å². The Bertz CT molecular complexity index is 5690. The smallest absolute Gasteiger partial charge is 0.253 e. The Balaban J connectivity index is 0.000000113. The summed E-state index contributed by atoms with van der Waals surface area (Å²) in [4.78, 5) is 80.6. The molecule has 0 aromatic heterocycles. The fourth-order valence-corrected chi connectivity index (χ4v) is 30.8. The molecule has 16 bridgehead atoms. The van der Waals surface area contributed by atoms with E-state index in [4.69, 9.17) is 9.47 Å². The van der Waals surface area contributed by atoms with E-state index in [1.54, 1.807) is 26.4 Å². The van der Waals surface area contributed by atoms with Crippen molar-refractivity contribution in [1.29, 1.82) is 0 Å². The fourth-order valence-electron chi connectivity index (χ4n) is 30.8. The van der Waals surface area contributed by atoms with Crippen molar-refractivity contribution in [1.82, 2.24) is 59.2 Å². The largest absolute Gasteiger partial charge is 0.508 e. The number of methoxy groups -OCH3 is 2. The average Bonchev–Trinajstić information content (AvgIpc) is 0.745. The van der Waals surface area contributed by atoms with Crippen molar-refractivity contribution in [2.75, 3.05) is 79.7 Å². The molecule has 23 heterocycles.